The van der Waals surface area contributed by atoms with Gasteiger partial charge in [-0.1, -0.05) is 12.1 Å². The van der Waals surface area contributed by atoms with Gasteiger partial charge < -0.3 is 14.9 Å². The Bertz CT molecular complexity index is 1410. The number of imidazole rings is 1. The number of anilines is 1. The number of aromatic nitrogens is 4. The van der Waals surface area contributed by atoms with Gasteiger partial charge in [-0.05, 0) is 55.4 Å². The van der Waals surface area contributed by atoms with Crippen LogP contribution in [0.25, 0.3) is 22.1 Å². The Morgan fingerprint density at radius 1 is 1.12 bits per heavy atom. The number of nitrogens with one attached hydrogen (secondary N) is 2. The van der Waals surface area contributed by atoms with E-state index in [-0.39, 0.29) is 18.4 Å². The topological polar surface area (TPSA) is 123 Å². The van der Waals surface area contributed by atoms with Gasteiger partial charge in [0.25, 0.3) is 0 Å². The van der Waals surface area contributed by atoms with Crippen LogP contribution in [0.4, 0.5) is 5.69 Å². The van der Waals surface area contributed by atoms with Crippen LogP contribution in [0.1, 0.15) is 49.5 Å². The average Bonchev–Trinajstić information content (AvgIpc) is 3.45. The number of hydrogen-bond donors (Lipinski definition) is 2. The summed E-state index contributed by atoms with van der Waals surface area (Å²) < 4.78 is 2.24. The Hall–Kier alpha value is -4.17. The van der Waals surface area contributed by atoms with E-state index in [1.807, 2.05) is 36.5 Å². The Labute approximate surface area is 197 Å². The molecule has 1 fully saturated rings. The molecule has 0 radical (unpaired) electrons. The van der Waals surface area contributed by atoms with Crippen molar-refractivity contribution in [1.82, 2.24) is 19.5 Å². The number of aromatic amines is 1. The van der Waals surface area contributed by atoms with E-state index in [0.717, 1.165) is 59.1 Å². The zero-order valence-corrected chi connectivity index (χ0v) is 18.8. The van der Waals surface area contributed by atoms with E-state index in [4.69, 9.17) is 15.5 Å². The molecule has 8 heteroatoms. The third-order valence-electron chi connectivity index (χ3n) is 6.71. The van der Waals surface area contributed by atoms with E-state index in [1.165, 1.54) is 0 Å². The molecule has 3 aromatic heterocycles. The van der Waals surface area contributed by atoms with E-state index >= 15 is 0 Å². The number of carbonyl (C=O) groups is 1. The number of pyridine rings is 1. The summed E-state index contributed by atoms with van der Waals surface area (Å²) in [5.74, 6) is 1.04. The highest BCUT2D eigenvalue weighted by molar-refractivity contribution is 6.02. The van der Waals surface area contributed by atoms with E-state index < -0.39 is 0 Å². The minimum absolute atomic E-state index is 0.138. The first kappa shape index (κ1) is 21.7. The zero-order chi connectivity index (χ0) is 23.5. The van der Waals surface area contributed by atoms with Gasteiger partial charge in [0.15, 0.2) is 0 Å². The molecule has 0 saturated heterocycles. The largest absolute Gasteiger partial charge is 0.346 e. The minimum atomic E-state index is -0.138. The fraction of sp³-hybridized carbons (Fsp3) is 0.346. The van der Waals surface area contributed by atoms with Crippen LogP contribution >= 0.6 is 0 Å². The van der Waals surface area contributed by atoms with Gasteiger partial charge in [-0.3, -0.25) is 4.79 Å². The van der Waals surface area contributed by atoms with E-state index in [1.54, 1.807) is 6.20 Å². The van der Waals surface area contributed by atoms with Gasteiger partial charge in [0.05, 0.1) is 36.7 Å². The third-order valence-corrected chi connectivity index (χ3v) is 6.71. The lowest BCUT2D eigenvalue weighted by molar-refractivity contribution is -0.115. The first-order chi connectivity index (χ1) is 16.7. The Balaban J connectivity index is 1.44. The Kier molecular flexibility index (Phi) is 5.97. The standard InChI is InChI=1S/C26H25N7O/c27-12-9-17-1-5-19(6-2-17)31-24(34)15-23-32-22-16-30-26-21(11-14-29-26)25(22)33(23)20-7-3-18(4-8-20)10-13-28/h1-2,5-6,11,14,16,18,20H,3-4,7-10,15H2,(H,29,30)(H,31,34). The molecular formula is C26H25N7O. The van der Waals surface area contributed by atoms with Gasteiger partial charge in [-0.2, -0.15) is 10.5 Å². The molecule has 8 nitrogen and oxygen atoms in total. The lowest BCUT2D eigenvalue weighted by atomic mass is 9.84. The molecule has 1 aliphatic carbocycles. The predicted octanol–water partition coefficient (Wildman–Crippen LogP) is 4.80. The molecule has 4 aromatic rings. The summed E-state index contributed by atoms with van der Waals surface area (Å²) in [5, 5.41) is 21.9. The SMILES string of the molecule is N#CCc1ccc(NC(=O)Cc2nc3cnc4[nH]ccc4c3n2C2CCC(CC#N)CC2)cc1. The van der Waals surface area contributed by atoms with Crippen molar-refractivity contribution in [2.75, 3.05) is 5.32 Å². The molecule has 1 saturated carbocycles. The molecule has 0 unspecified atom stereocenters. The Morgan fingerprint density at radius 2 is 1.91 bits per heavy atom. The summed E-state index contributed by atoms with van der Waals surface area (Å²) in [5.41, 5.74) is 4.21. The first-order valence-electron chi connectivity index (χ1n) is 11.6. The molecule has 1 amide bonds. The van der Waals surface area contributed by atoms with Crippen LogP contribution in [0, 0.1) is 28.6 Å². The maximum absolute atomic E-state index is 13.0. The number of fused-ring (bicyclic) bond motifs is 3. The highest BCUT2D eigenvalue weighted by atomic mass is 16.1. The molecule has 1 aromatic carbocycles. The van der Waals surface area contributed by atoms with Gasteiger partial charge in [0.1, 0.15) is 17.0 Å². The summed E-state index contributed by atoms with van der Waals surface area (Å²) in [6.07, 6.45) is 8.66. The maximum Gasteiger partial charge on any atom is 0.231 e. The monoisotopic (exact) mass is 451 g/mol. The molecule has 5 rings (SSSR count). The molecule has 0 spiro atoms. The predicted molar refractivity (Wildman–Crippen MR) is 129 cm³/mol. The number of amides is 1. The summed E-state index contributed by atoms with van der Waals surface area (Å²) in [7, 11) is 0. The van der Waals surface area contributed by atoms with Crippen LogP contribution in [-0.2, 0) is 17.6 Å². The fourth-order valence-corrected chi connectivity index (χ4v) is 5.04. The van der Waals surface area contributed by atoms with Crippen LogP contribution in [0.2, 0.25) is 0 Å². The Morgan fingerprint density at radius 3 is 2.65 bits per heavy atom. The highest BCUT2D eigenvalue weighted by Crippen LogP contribution is 2.38. The molecule has 2 N–H and O–H groups in total. The zero-order valence-electron chi connectivity index (χ0n) is 18.8. The normalized spacial score (nSPS) is 17.9. The second kappa shape index (κ2) is 9.36. The van der Waals surface area contributed by atoms with Crippen LogP contribution in [0.15, 0.2) is 42.7 Å². The smallest absolute Gasteiger partial charge is 0.231 e. The third kappa shape index (κ3) is 4.23. The quantitative estimate of drug-likeness (QED) is 0.436. The summed E-state index contributed by atoms with van der Waals surface area (Å²) in [6.45, 7) is 0. The number of benzene rings is 1. The van der Waals surface area contributed by atoms with Crippen molar-refractivity contribution in [3.63, 3.8) is 0 Å². The van der Waals surface area contributed by atoms with Crippen molar-refractivity contribution >= 4 is 33.7 Å². The van der Waals surface area contributed by atoms with Crippen LogP contribution < -0.4 is 5.32 Å². The number of nitrogens with zero attached hydrogens (tertiary/aromatic N) is 5. The molecule has 34 heavy (non-hydrogen) atoms. The number of H-pyrrole nitrogens is 1. The number of carbonyl (C=O) groups excluding carboxylic acids is 1. The molecule has 0 bridgehead atoms. The van der Waals surface area contributed by atoms with Crippen LogP contribution in [0.3, 0.4) is 0 Å². The summed E-state index contributed by atoms with van der Waals surface area (Å²) in [6, 6.07) is 14.0. The van der Waals surface area contributed by atoms with Crippen molar-refractivity contribution < 1.29 is 4.79 Å². The molecule has 3 heterocycles. The fourth-order valence-electron chi connectivity index (χ4n) is 5.04. The van der Waals surface area contributed by atoms with E-state index in [0.29, 0.717) is 24.4 Å². The van der Waals surface area contributed by atoms with Crippen molar-refractivity contribution in [3.05, 3.63) is 54.1 Å². The van der Waals surface area contributed by atoms with Crippen LogP contribution in [-0.4, -0.2) is 25.4 Å². The second-order valence-corrected chi connectivity index (χ2v) is 8.92. The van der Waals surface area contributed by atoms with Gasteiger partial charge in [0, 0.05) is 29.7 Å². The summed E-state index contributed by atoms with van der Waals surface area (Å²) >= 11 is 0. The molecule has 170 valence electrons. The molecule has 1 aliphatic rings. The minimum Gasteiger partial charge on any atom is -0.346 e. The van der Waals surface area contributed by atoms with Gasteiger partial charge in [-0.25, -0.2) is 9.97 Å². The van der Waals surface area contributed by atoms with Crippen molar-refractivity contribution in [2.45, 2.75) is 51.0 Å². The summed E-state index contributed by atoms with van der Waals surface area (Å²) in [4.78, 5) is 25.5. The second-order valence-electron chi connectivity index (χ2n) is 8.92. The van der Waals surface area contributed by atoms with Crippen LogP contribution in [0.5, 0.6) is 0 Å². The molecule has 0 aliphatic heterocycles. The van der Waals surface area contributed by atoms with E-state index in [9.17, 15) is 4.79 Å². The highest BCUT2D eigenvalue weighted by Gasteiger charge is 2.27. The van der Waals surface area contributed by atoms with Crippen molar-refractivity contribution in [2.24, 2.45) is 5.92 Å². The van der Waals surface area contributed by atoms with Gasteiger partial charge in [-0.15, -0.1) is 0 Å². The van der Waals surface area contributed by atoms with E-state index in [2.05, 4.69) is 32.0 Å². The lowest BCUT2D eigenvalue weighted by Gasteiger charge is -2.30. The average molecular weight is 452 g/mol. The molecule has 0 atom stereocenters. The lowest BCUT2D eigenvalue weighted by Crippen LogP contribution is -2.23. The number of hydrogen-bond acceptors (Lipinski definition) is 5. The first-order valence-corrected chi connectivity index (χ1v) is 11.6. The maximum atomic E-state index is 13.0. The number of rotatable bonds is 6. The van der Waals surface area contributed by atoms with Gasteiger partial charge >= 0.3 is 0 Å². The number of nitriles is 2. The molecular weight excluding hydrogens is 426 g/mol. The van der Waals surface area contributed by atoms with Gasteiger partial charge in [0.2, 0.25) is 5.91 Å². The van der Waals surface area contributed by atoms with Crippen molar-refractivity contribution in [1.29, 1.82) is 10.5 Å². The van der Waals surface area contributed by atoms with Crippen molar-refractivity contribution in [3.8, 4) is 12.1 Å².